The second kappa shape index (κ2) is 5.07. The summed E-state index contributed by atoms with van der Waals surface area (Å²) in [5.74, 6) is 1.01. The summed E-state index contributed by atoms with van der Waals surface area (Å²) in [5.41, 5.74) is 0. The van der Waals surface area contributed by atoms with Crippen LogP contribution >= 0.6 is 0 Å². The van der Waals surface area contributed by atoms with Gasteiger partial charge in [-0.15, -0.1) is 0 Å². The Hall–Kier alpha value is -1.16. The van der Waals surface area contributed by atoms with Crippen molar-refractivity contribution >= 4 is 5.82 Å². The van der Waals surface area contributed by atoms with Crippen LogP contribution in [0.25, 0.3) is 0 Å². The second-order valence-electron chi connectivity index (χ2n) is 3.90. The van der Waals surface area contributed by atoms with Gasteiger partial charge in [-0.05, 0) is 19.4 Å². The van der Waals surface area contributed by atoms with Gasteiger partial charge in [-0.3, -0.25) is 4.98 Å². The molecule has 1 aromatic rings. The van der Waals surface area contributed by atoms with Crippen LogP contribution in [0.15, 0.2) is 18.6 Å². The van der Waals surface area contributed by atoms with E-state index in [2.05, 4.69) is 27.1 Å². The molecule has 15 heavy (non-hydrogen) atoms. The highest BCUT2D eigenvalue weighted by atomic mass is 15.2. The highest BCUT2D eigenvalue weighted by Crippen LogP contribution is 2.16. The van der Waals surface area contributed by atoms with E-state index in [-0.39, 0.29) is 0 Å². The van der Waals surface area contributed by atoms with Crippen molar-refractivity contribution in [2.24, 2.45) is 0 Å². The first-order valence-corrected chi connectivity index (χ1v) is 5.65. The molecule has 1 aliphatic heterocycles. The summed E-state index contributed by atoms with van der Waals surface area (Å²) in [5, 5.41) is 3.39. The molecule has 2 rings (SSSR count). The summed E-state index contributed by atoms with van der Waals surface area (Å²) in [6.45, 7) is 5.44. The van der Waals surface area contributed by atoms with Crippen molar-refractivity contribution in [1.29, 1.82) is 0 Å². The maximum atomic E-state index is 4.38. The Morgan fingerprint density at radius 1 is 1.53 bits per heavy atom. The topological polar surface area (TPSA) is 41.1 Å². The molecule has 0 aliphatic carbocycles. The Bertz CT molecular complexity index is 282. The maximum absolute atomic E-state index is 4.38. The van der Waals surface area contributed by atoms with E-state index in [1.54, 1.807) is 12.4 Å². The van der Waals surface area contributed by atoms with E-state index in [1.807, 2.05) is 6.20 Å². The van der Waals surface area contributed by atoms with E-state index in [0.29, 0.717) is 6.04 Å². The minimum atomic E-state index is 0.585. The smallest absolute Gasteiger partial charge is 0.147 e. The number of anilines is 1. The van der Waals surface area contributed by atoms with E-state index < -0.39 is 0 Å². The van der Waals surface area contributed by atoms with Crippen LogP contribution in [0.2, 0.25) is 0 Å². The molecule has 0 bridgehead atoms. The Morgan fingerprint density at radius 2 is 2.47 bits per heavy atom. The van der Waals surface area contributed by atoms with Crippen molar-refractivity contribution < 1.29 is 0 Å². The summed E-state index contributed by atoms with van der Waals surface area (Å²) in [6.07, 6.45) is 7.69. The first-order valence-electron chi connectivity index (χ1n) is 5.65. The Labute approximate surface area is 90.7 Å². The highest BCUT2D eigenvalue weighted by Gasteiger charge is 2.22. The normalized spacial score (nSPS) is 20.5. The molecule has 0 aromatic carbocycles. The Kier molecular flexibility index (Phi) is 3.50. The third-order valence-corrected chi connectivity index (χ3v) is 2.78. The molecule has 0 amide bonds. The van der Waals surface area contributed by atoms with Crippen LogP contribution in [-0.2, 0) is 0 Å². The van der Waals surface area contributed by atoms with Gasteiger partial charge in [0.1, 0.15) is 5.82 Å². The fourth-order valence-electron chi connectivity index (χ4n) is 2.07. The van der Waals surface area contributed by atoms with E-state index in [4.69, 9.17) is 0 Å². The molecule has 4 heteroatoms. The molecule has 0 saturated carbocycles. The predicted octanol–water partition coefficient (Wildman–Crippen LogP) is 1.05. The van der Waals surface area contributed by atoms with Crippen LogP contribution in [-0.4, -0.2) is 35.6 Å². The number of nitrogens with zero attached hydrogens (tertiary/aromatic N) is 3. The van der Waals surface area contributed by atoms with Gasteiger partial charge in [0, 0.05) is 31.5 Å². The predicted molar refractivity (Wildman–Crippen MR) is 60.9 cm³/mol. The van der Waals surface area contributed by atoms with Crippen LogP contribution in [0.1, 0.15) is 19.8 Å². The summed E-state index contributed by atoms with van der Waals surface area (Å²) in [7, 11) is 0. The molecular formula is C11H18N4. The summed E-state index contributed by atoms with van der Waals surface area (Å²) >= 11 is 0. The molecule has 1 N–H and O–H groups in total. The monoisotopic (exact) mass is 206 g/mol. The van der Waals surface area contributed by atoms with Crippen molar-refractivity contribution in [3.05, 3.63) is 18.6 Å². The lowest BCUT2D eigenvalue weighted by atomic mass is 10.2. The summed E-state index contributed by atoms with van der Waals surface area (Å²) in [4.78, 5) is 10.9. The minimum absolute atomic E-state index is 0.585. The number of rotatable bonds is 4. The first kappa shape index (κ1) is 10.4. The lowest BCUT2D eigenvalue weighted by Gasteiger charge is -2.28. The Balaban J connectivity index is 2.11. The second-order valence-corrected chi connectivity index (χ2v) is 3.90. The molecule has 1 saturated heterocycles. The molecule has 0 radical (unpaired) electrons. The number of hydrogen-bond acceptors (Lipinski definition) is 4. The van der Waals surface area contributed by atoms with Crippen LogP contribution in [0.5, 0.6) is 0 Å². The van der Waals surface area contributed by atoms with E-state index in [1.165, 1.54) is 6.42 Å². The zero-order valence-electron chi connectivity index (χ0n) is 9.19. The van der Waals surface area contributed by atoms with Gasteiger partial charge in [-0.2, -0.15) is 0 Å². The van der Waals surface area contributed by atoms with Crippen molar-refractivity contribution in [2.45, 2.75) is 25.8 Å². The van der Waals surface area contributed by atoms with Crippen molar-refractivity contribution in [3.63, 3.8) is 0 Å². The average molecular weight is 206 g/mol. The largest absolute Gasteiger partial charge is 0.351 e. The van der Waals surface area contributed by atoms with Gasteiger partial charge in [0.05, 0.1) is 6.20 Å². The third kappa shape index (κ3) is 2.45. The fraction of sp³-hybridized carbons (Fsp3) is 0.636. The molecule has 1 aliphatic rings. The number of hydrogen-bond donors (Lipinski definition) is 1. The fourth-order valence-corrected chi connectivity index (χ4v) is 2.07. The average Bonchev–Trinajstić information content (AvgIpc) is 2.80. The SMILES string of the molecule is CCCN(c1cnccn1)C1CCNC1. The zero-order chi connectivity index (χ0) is 10.5. The van der Waals surface area contributed by atoms with Crippen molar-refractivity contribution in [3.8, 4) is 0 Å². The lowest BCUT2D eigenvalue weighted by molar-refractivity contribution is 0.617. The molecule has 1 aromatic heterocycles. The van der Waals surface area contributed by atoms with Gasteiger partial charge in [-0.25, -0.2) is 4.98 Å². The third-order valence-electron chi connectivity index (χ3n) is 2.78. The van der Waals surface area contributed by atoms with Gasteiger partial charge < -0.3 is 10.2 Å². The maximum Gasteiger partial charge on any atom is 0.147 e. The quantitative estimate of drug-likeness (QED) is 0.799. The zero-order valence-corrected chi connectivity index (χ0v) is 9.19. The minimum Gasteiger partial charge on any atom is -0.351 e. The van der Waals surface area contributed by atoms with Crippen LogP contribution in [0.4, 0.5) is 5.82 Å². The van der Waals surface area contributed by atoms with Crippen LogP contribution in [0, 0.1) is 0 Å². The standard InChI is InChI=1S/C11H18N4/c1-2-7-15(10-3-4-12-8-10)11-9-13-5-6-14-11/h5-6,9-10,12H,2-4,7-8H2,1H3. The molecule has 1 unspecified atom stereocenters. The molecule has 0 spiro atoms. The molecular weight excluding hydrogens is 188 g/mol. The van der Waals surface area contributed by atoms with Crippen molar-refractivity contribution in [1.82, 2.24) is 15.3 Å². The van der Waals surface area contributed by atoms with E-state index in [9.17, 15) is 0 Å². The van der Waals surface area contributed by atoms with Gasteiger partial charge in [0.25, 0.3) is 0 Å². The number of aromatic nitrogens is 2. The summed E-state index contributed by atoms with van der Waals surface area (Å²) in [6, 6.07) is 0.585. The molecule has 1 atom stereocenters. The first-order chi connectivity index (χ1) is 7.42. The van der Waals surface area contributed by atoms with Gasteiger partial charge in [0.2, 0.25) is 0 Å². The molecule has 4 nitrogen and oxygen atoms in total. The van der Waals surface area contributed by atoms with Gasteiger partial charge in [-0.1, -0.05) is 6.92 Å². The number of nitrogens with one attached hydrogen (secondary N) is 1. The molecule has 2 heterocycles. The van der Waals surface area contributed by atoms with Gasteiger partial charge in [0.15, 0.2) is 0 Å². The van der Waals surface area contributed by atoms with Crippen LogP contribution in [0.3, 0.4) is 0 Å². The summed E-state index contributed by atoms with van der Waals surface area (Å²) < 4.78 is 0. The Morgan fingerprint density at radius 3 is 3.07 bits per heavy atom. The van der Waals surface area contributed by atoms with Crippen LogP contribution < -0.4 is 10.2 Å². The molecule has 82 valence electrons. The highest BCUT2D eigenvalue weighted by molar-refractivity contribution is 5.37. The van der Waals surface area contributed by atoms with E-state index in [0.717, 1.165) is 31.9 Å². The lowest BCUT2D eigenvalue weighted by Crippen LogP contribution is -2.38. The van der Waals surface area contributed by atoms with E-state index >= 15 is 0 Å². The molecule has 1 fully saturated rings. The van der Waals surface area contributed by atoms with Crippen molar-refractivity contribution in [2.75, 3.05) is 24.5 Å². The van der Waals surface area contributed by atoms with Gasteiger partial charge >= 0.3 is 0 Å².